The van der Waals surface area contributed by atoms with Crippen LogP contribution in [0.15, 0.2) is 77.5 Å². The van der Waals surface area contributed by atoms with Crippen LogP contribution < -0.4 is 19.5 Å². The van der Waals surface area contributed by atoms with Gasteiger partial charge in [0.1, 0.15) is 17.9 Å². The van der Waals surface area contributed by atoms with E-state index >= 15 is 0 Å². The fraction of sp³-hybridized carbons (Fsp3) is 0.214. The zero-order valence-electron chi connectivity index (χ0n) is 20.5. The van der Waals surface area contributed by atoms with Crippen LogP contribution in [0.5, 0.6) is 17.2 Å². The van der Waals surface area contributed by atoms with Gasteiger partial charge < -0.3 is 19.5 Å². The number of methoxy groups -OCH3 is 2. The van der Waals surface area contributed by atoms with Crippen LogP contribution in [-0.4, -0.2) is 35.2 Å². The third-order valence-corrected chi connectivity index (χ3v) is 7.18. The standard InChI is InChI=1S/C28H26N4O3S/c1-16-9-11-17(12-10-16)26-23-24(19-7-5-6-8-20(19)35-26)29-27-30-28(36-4)31-32(27)25(23)18-13-14-21(33-2)22(15-18)34-3/h5-15,25-26H,1-4H3,(H,29,30,31)/t25-,26-/m1/s1. The fourth-order valence-corrected chi connectivity index (χ4v) is 5.25. The molecule has 0 aliphatic carbocycles. The van der Waals surface area contributed by atoms with Crippen LogP contribution in [0.4, 0.5) is 5.95 Å². The first-order valence-corrected chi connectivity index (χ1v) is 12.9. The third-order valence-electron chi connectivity index (χ3n) is 6.65. The number of fused-ring (bicyclic) bond motifs is 3. The summed E-state index contributed by atoms with van der Waals surface area (Å²) in [5.74, 6) is 2.86. The van der Waals surface area contributed by atoms with Gasteiger partial charge >= 0.3 is 0 Å². The highest BCUT2D eigenvalue weighted by Crippen LogP contribution is 2.51. The van der Waals surface area contributed by atoms with Crippen molar-refractivity contribution in [1.82, 2.24) is 14.8 Å². The van der Waals surface area contributed by atoms with Crippen LogP contribution in [0.3, 0.4) is 0 Å². The molecule has 182 valence electrons. The maximum absolute atomic E-state index is 6.71. The molecule has 2 aliphatic rings. The number of hydrogen-bond acceptors (Lipinski definition) is 7. The molecular weight excluding hydrogens is 472 g/mol. The zero-order valence-corrected chi connectivity index (χ0v) is 21.3. The van der Waals surface area contributed by atoms with E-state index in [0.29, 0.717) is 22.6 Å². The SMILES string of the molecule is COc1ccc([C@@H]2C3=C(Nc4nc(SC)nn42)c2ccccc2O[C@@H]3c2ccc(C)cc2)cc1OC. The molecule has 0 unspecified atom stereocenters. The van der Waals surface area contributed by atoms with Gasteiger partial charge in [-0.15, -0.1) is 5.10 Å². The van der Waals surface area contributed by atoms with Crippen molar-refractivity contribution in [2.45, 2.75) is 24.2 Å². The summed E-state index contributed by atoms with van der Waals surface area (Å²) in [7, 11) is 3.29. The average Bonchev–Trinajstić information content (AvgIpc) is 3.34. The monoisotopic (exact) mass is 498 g/mol. The van der Waals surface area contributed by atoms with Gasteiger partial charge in [-0.3, -0.25) is 0 Å². The van der Waals surface area contributed by atoms with Crippen molar-refractivity contribution in [3.63, 3.8) is 0 Å². The smallest absolute Gasteiger partial charge is 0.227 e. The molecule has 0 bridgehead atoms. The van der Waals surface area contributed by atoms with Crippen molar-refractivity contribution >= 4 is 23.4 Å². The highest BCUT2D eigenvalue weighted by Gasteiger charge is 2.41. The number of nitrogens with one attached hydrogen (secondary N) is 1. The predicted octanol–water partition coefficient (Wildman–Crippen LogP) is 5.89. The maximum Gasteiger partial charge on any atom is 0.227 e. The Morgan fingerprint density at radius 2 is 1.69 bits per heavy atom. The molecule has 1 aromatic heterocycles. The minimum absolute atomic E-state index is 0.274. The molecule has 3 aromatic carbocycles. The van der Waals surface area contributed by atoms with E-state index in [1.807, 2.05) is 41.3 Å². The van der Waals surface area contributed by atoms with E-state index in [0.717, 1.165) is 33.7 Å². The summed E-state index contributed by atoms with van der Waals surface area (Å²) in [4.78, 5) is 4.77. The third kappa shape index (κ3) is 3.60. The van der Waals surface area contributed by atoms with Crippen LogP contribution in [0.1, 0.15) is 34.4 Å². The molecule has 0 radical (unpaired) electrons. The molecule has 0 fully saturated rings. The van der Waals surface area contributed by atoms with Gasteiger partial charge in [-0.25, -0.2) is 4.68 Å². The minimum Gasteiger partial charge on any atom is -0.493 e. The van der Waals surface area contributed by atoms with E-state index in [1.165, 1.54) is 17.3 Å². The Kier molecular flexibility index (Phi) is 5.60. The van der Waals surface area contributed by atoms with Crippen LogP contribution in [0.25, 0.3) is 5.70 Å². The van der Waals surface area contributed by atoms with E-state index in [4.69, 9.17) is 24.3 Å². The Labute approximate surface area is 214 Å². The number of benzene rings is 3. The van der Waals surface area contributed by atoms with E-state index in [2.05, 4.69) is 48.6 Å². The number of aryl methyl sites for hydroxylation is 1. The normalized spacial score (nSPS) is 17.9. The van der Waals surface area contributed by atoms with Gasteiger partial charge in [0.25, 0.3) is 0 Å². The predicted molar refractivity (Wildman–Crippen MR) is 141 cm³/mol. The average molecular weight is 499 g/mol. The molecule has 1 N–H and O–H groups in total. The molecule has 0 saturated heterocycles. The van der Waals surface area contributed by atoms with E-state index in [-0.39, 0.29) is 12.1 Å². The van der Waals surface area contributed by atoms with Crippen molar-refractivity contribution in [3.8, 4) is 17.2 Å². The minimum atomic E-state index is -0.323. The number of hydrogen-bond donors (Lipinski definition) is 1. The first-order chi connectivity index (χ1) is 17.6. The second-order valence-electron chi connectivity index (χ2n) is 8.74. The molecular formula is C28H26N4O3S. The molecule has 2 aliphatic heterocycles. The number of aromatic nitrogens is 3. The van der Waals surface area contributed by atoms with Crippen molar-refractivity contribution in [1.29, 1.82) is 0 Å². The van der Waals surface area contributed by atoms with Gasteiger partial charge in [-0.1, -0.05) is 59.8 Å². The molecule has 36 heavy (non-hydrogen) atoms. The summed E-state index contributed by atoms with van der Waals surface area (Å²) in [6.45, 7) is 2.09. The van der Waals surface area contributed by atoms with Crippen molar-refractivity contribution in [2.75, 3.05) is 25.8 Å². The lowest BCUT2D eigenvalue weighted by Crippen LogP contribution is -2.32. The summed E-state index contributed by atoms with van der Waals surface area (Å²) in [6.07, 6.45) is 1.66. The Morgan fingerprint density at radius 1 is 0.944 bits per heavy atom. The Morgan fingerprint density at radius 3 is 2.44 bits per heavy atom. The molecule has 3 heterocycles. The largest absolute Gasteiger partial charge is 0.493 e. The highest BCUT2D eigenvalue weighted by molar-refractivity contribution is 7.98. The van der Waals surface area contributed by atoms with Crippen LogP contribution in [0.2, 0.25) is 0 Å². The number of nitrogens with zero attached hydrogens (tertiary/aromatic N) is 3. The quantitative estimate of drug-likeness (QED) is 0.344. The van der Waals surface area contributed by atoms with Gasteiger partial charge in [0.05, 0.1) is 19.9 Å². The van der Waals surface area contributed by atoms with Crippen LogP contribution in [-0.2, 0) is 0 Å². The van der Waals surface area contributed by atoms with E-state index in [1.54, 1.807) is 14.2 Å². The Balaban J connectivity index is 1.62. The molecule has 8 heteroatoms. The lowest BCUT2D eigenvalue weighted by Gasteiger charge is -2.39. The molecule has 0 saturated carbocycles. The second-order valence-corrected chi connectivity index (χ2v) is 9.52. The number of thioether (sulfide) groups is 1. The molecule has 0 amide bonds. The maximum atomic E-state index is 6.71. The Bertz CT molecular complexity index is 1480. The molecule has 2 atom stereocenters. The van der Waals surface area contributed by atoms with Gasteiger partial charge in [0, 0.05) is 11.1 Å². The highest BCUT2D eigenvalue weighted by atomic mass is 32.2. The summed E-state index contributed by atoms with van der Waals surface area (Å²) in [5.41, 5.74) is 6.33. The van der Waals surface area contributed by atoms with E-state index < -0.39 is 0 Å². The topological polar surface area (TPSA) is 70.4 Å². The first-order valence-electron chi connectivity index (χ1n) is 11.7. The van der Waals surface area contributed by atoms with Crippen LogP contribution >= 0.6 is 11.8 Å². The summed E-state index contributed by atoms with van der Waals surface area (Å²) in [6, 6.07) is 22.3. The number of ether oxygens (including phenoxy) is 3. The lowest BCUT2D eigenvalue weighted by atomic mass is 9.84. The van der Waals surface area contributed by atoms with E-state index in [9.17, 15) is 0 Å². The van der Waals surface area contributed by atoms with Gasteiger partial charge in [-0.2, -0.15) is 4.98 Å². The van der Waals surface area contributed by atoms with Gasteiger partial charge in [-0.05, 0) is 48.6 Å². The number of rotatable bonds is 5. The van der Waals surface area contributed by atoms with Crippen molar-refractivity contribution < 1.29 is 14.2 Å². The van der Waals surface area contributed by atoms with Gasteiger partial charge in [0.15, 0.2) is 11.5 Å². The molecule has 7 nitrogen and oxygen atoms in total. The van der Waals surface area contributed by atoms with Gasteiger partial charge in [0.2, 0.25) is 11.1 Å². The van der Waals surface area contributed by atoms with Crippen molar-refractivity contribution in [3.05, 3.63) is 94.6 Å². The molecule has 6 rings (SSSR count). The zero-order chi connectivity index (χ0) is 24.8. The summed E-state index contributed by atoms with van der Waals surface area (Å²) in [5, 5.41) is 9.15. The first kappa shape index (κ1) is 22.5. The number of para-hydroxylation sites is 1. The summed E-state index contributed by atoms with van der Waals surface area (Å²) < 4.78 is 19.8. The number of anilines is 1. The van der Waals surface area contributed by atoms with Crippen LogP contribution in [0, 0.1) is 6.92 Å². The Hall–Kier alpha value is -3.91. The molecule has 4 aromatic rings. The van der Waals surface area contributed by atoms with Crippen molar-refractivity contribution in [2.24, 2.45) is 0 Å². The molecule has 0 spiro atoms. The lowest BCUT2D eigenvalue weighted by molar-refractivity contribution is 0.223. The fourth-order valence-electron chi connectivity index (χ4n) is 4.90. The second kappa shape index (κ2) is 8.95. The summed E-state index contributed by atoms with van der Waals surface area (Å²) >= 11 is 1.51.